The van der Waals surface area contributed by atoms with E-state index in [4.69, 9.17) is 4.74 Å². The van der Waals surface area contributed by atoms with E-state index in [0.717, 1.165) is 0 Å². The molecule has 0 saturated carbocycles. The normalized spacial score (nSPS) is 11.9. The van der Waals surface area contributed by atoms with Crippen LogP contribution >= 0.6 is 0 Å². The number of carbonyl (C=O) groups is 1. The number of nitrogens with one attached hydrogen (secondary N) is 1. The average Bonchev–Trinajstić information content (AvgIpc) is 2.33. The van der Waals surface area contributed by atoms with Crippen molar-refractivity contribution in [1.82, 2.24) is 5.32 Å². The van der Waals surface area contributed by atoms with E-state index < -0.39 is 5.60 Å². The molecule has 0 fully saturated rings. The molecular formula is C17H25NO2. The number of amides is 1. The summed E-state index contributed by atoms with van der Waals surface area (Å²) in [6.07, 6.45) is 3.58. The van der Waals surface area contributed by atoms with Crippen molar-refractivity contribution in [2.24, 2.45) is 0 Å². The molecule has 0 saturated heterocycles. The van der Waals surface area contributed by atoms with E-state index in [0.29, 0.717) is 12.5 Å². The fourth-order valence-electron chi connectivity index (χ4n) is 1.83. The summed E-state index contributed by atoms with van der Waals surface area (Å²) in [6.45, 7) is 10.3. The molecule has 0 atom stereocenters. The third kappa shape index (κ3) is 5.91. The summed E-state index contributed by atoms with van der Waals surface area (Å²) >= 11 is 0. The van der Waals surface area contributed by atoms with E-state index in [2.05, 4.69) is 31.3 Å². The zero-order valence-corrected chi connectivity index (χ0v) is 13.1. The van der Waals surface area contributed by atoms with Crippen LogP contribution in [0.4, 0.5) is 4.79 Å². The lowest BCUT2D eigenvalue weighted by atomic mass is 9.97. The minimum atomic E-state index is -0.460. The van der Waals surface area contributed by atoms with Crippen molar-refractivity contribution in [2.75, 3.05) is 6.54 Å². The highest BCUT2D eigenvalue weighted by Crippen LogP contribution is 2.20. The summed E-state index contributed by atoms with van der Waals surface area (Å²) in [6, 6.07) is 8.28. The molecule has 0 aliphatic carbocycles. The molecule has 0 bridgehead atoms. The highest BCUT2D eigenvalue weighted by Gasteiger charge is 2.14. The monoisotopic (exact) mass is 275 g/mol. The molecule has 1 N–H and O–H groups in total. The van der Waals surface area contributed by atoms with Gasteiger partial charge in [0.15, 0.2) is 0 Å². The molecule has 0 aliphatic rings. The number of carbonyl (C=O) groups excluding carboxylic acids is 1. The second-order valence-corrected chi connectivity index (χ2v) is 6.07. The molecule has 0 unspecified atom stereocenters. The number of ether oxygens (including phenoxy) is 1. The SMILES string of the molecule is CC(C)c1ccccc1C=CCNC(=O)OC(C)(C)C. The maximum absolute atomic E-state index is 11.5. The van der Waals surface area contributed by atoms with Crippen LogP contribution in [0.1, 0.15) is 51.7 Å². The standard InChI is InChI=1S/C17H25NO2/c1-13(2)15-11-7-6-9-14(15)10-8-12-18-16(19)20-17(3,4)5/h6-11,13H,12H2,1-5H3,(H,18,19). The quantitative estimate of drug-likeness (QED) is 0.887. The molecule has 1 aromatic rings. The second-order valence-electron chi connectivity index (χ2n) is 6.07. The van der Waals surface area contributed by atoms with Gasteiger partial charge < -0.3 is 10.1 Å². The zero-order chi connectivity index (χ0) is 15.2. The molecule has 1 rings (SSSR count). The van der Waals surface area contributed by atoms with Crippen molar-refractivity contribution in [3.63, 3.8) is 0 Å². The lowest BCUT2D eigenvalue weighted by molar-refractivity contribution is 0.0534. The number of benzene rings is 1. The Bertz CT molecular complexity index is 470. The highest BCUT2D eigenvalue weighted by atomic mass is 16.6. The van der Waals surface area contributed by atoms with Gasteiger partial charge in [-0.3, -0.25) is 0 Å². The molecule has 110 valence electrons. The molecular weight excluding hydrogens is 250 g/mol. The Labute approximate surface area is 122 Å². The van der Waals surface area contributed by atoms with Gasteiger partial charge in [-0.25, -0.2) is 4.79 Å². The van der Waals surface area contributed by atoms with Crippen LogP contribution in [0.15, 0.2) is 30.3 Å². The van der Waals surface area contributed by atoms with E-state index >= 15 is 0 Å². The van der Waals surface area contributed by atoms with Gasteiger partial charge in [-0.1, -0.05) is 50.3 Å². The van der Waals surface area contributed by atoms with E-state index in [9.17, 15) is 4.79 Å². The smallest absolute Gasteiger partial charge is 0.407 e. The van der Waals surface area contributed by atoms with Crippen LogP contribution in [-0.4, -0.2) is 18.2 Å². The van der Waals surface area contributed by atoms with Crippen LogP contribution in [0.2, 0.25) is 0 Å². The summed E-state index contributed by atoms with van der Waals surface area (Å²) in [7, 11) is 0. The van der Waals surface area contributed by atoms with Gasteiger partial charge in [0, 0.05) is 6.54 Å². The van der Waals surface area contributed by atoms with Gasteiger partial charge in [0.2, 0.25) is 0 Å². The van der Waals surface area contributed by atoms with Crippen molar-refractivity contribution >= 4 is 12.2 Å². The minimum Gasteiger partial charge on any atom is -0.444 e. The van der Waals surface area contributed by atoms with E-state index in [-0.39, 0.29) is 6.09 Å². The van der Waals surface area contributed by atoms with Gasteiger partial charge in [-0.15, -0.1) is 0 Å². The first kappa shape index (κ1) is 16.3. The Morgan fingerprint density at radius 3 is 2.55 bits per heavy atom. The Kier molecular flexibility index (Phi) is 5.81. The third-order valence-electron chi connectivity index (χ3n) is 2.68. The molecule has 1 amide bonds. The maximum Gasteiger partial charge on any atom is 0.407 e. The van der Waals surface area contributed by atoms with Crippen LogP contribution in [0.5, 0.6) is 0 Å². The van der Waals surface area contributed by atoms with Gasteiger partial charge in [0.25, 0.3) is 0 Å². The molecule has 0 aromatic heterocycles. The average molecular weight is 275 g/mol. The highest BCUT2D eigenvalue weighted by molar-refractivity contribution is 5.68. The fourth-order valence-corrected chi connectivity index (χ4v) is 1.83. The number of hydrogen-bond donors (Lipinski definition) is 1. The van der Waals surface area contributed by atoms with E-state index in [1.54, 1.807) is 0 Å². The van der Waals surface area contributed by atoms with E-state index in [1.165, 1.54) is 11.1 Å². The van der Waals surface area contributed by atoms with Crippen LogP contribution < -0.4 is 5.32 Å². The maximum atomic E-state index is 11.5. The molecule has 3 nitrogen and oxygen atoms in total. The van der Waals surface area contributed by atoms with Crippen LogP contribution in [0.25, 0.3) is 6.08 Å². The summed E-state index contributed by atoms with van der Waals surface area (Å²) in [5, 5.41) is 2.71. The van der Waals surface area contributed by atoms with Crippen LogP contribution in [0.3, 0.4) is 0 Å². The minimum absolute atomic E-state index is 0.390. The lowest BCUT2D eigenvalue weighted by Crippen LogP contribution is -2.32. The molecule has 1 aromatic carbocycles. The predicted molar refractivity (Wildman–Crippen MR) is 83.8 cm³/mol. The molecule has 0 spiro atoms. The molecule has 20 heavy (non-hydrogen) atoms. The number of hydrogen-bond acceptors (Lipinski definition) is 2. The van der Waals surface area contributed by atoms with Crippen LogP contribution in [-0.2, 0) is 4.74 Å². The summed E-state index contributed by atoms with van der Waals surface area (Å²) in [5.41, 5.74) is 2.03. The predicted octanol–water partition coefficient (Wildman–Crippen LogP) is 4.35. The molecule has 3 heteroatoms. The number of alkyl carbamates (subject to hydrolysis) is 1. The zero-order valence-electron chi connectivity index (χ0n) is 13.1. The first-order valence-electron chi connectivity index (χ1n) is 7.02. The fraction of sp³-hybridized carbons (Fsp3) is 0.471. The molecule has 0 heterocycles. The van der Waals surface area contributed by atoms with Gasteiger partial charge in [-0.05, 0) is 37.8 Å². The van der Waals surface area contributed by atoms with Crippen molar-refractivity contribution in [1.29, 1.82) is 0 Å². The van der Waals surface area contributed by atoms with Crippen molar-refractivity contribution in [2.45, 2.75) is 46.1 Å². The summed E-state index contributed by atoms with van der Waals surface area (Å²) in [5.74, 6) is 0.481. The van der Waals surface area contributed by atoms with Crippen LogP contribution in [0, 0.1) is 0 Å². The molecule has 0 radical (unpaired) electrons. The van der Waals surface area contributed by atoms with Gasteiger partial charge in [-0.2, -0.15) is 0 Å². The lowest BCUT2D eigenvalue weighted by Gasteiger charge is -2.19. The first-order valence-corrected chi connectivity index (χ1v) is 7.02. The van der Waals surface area contributed by atoms with Gasteiger partial charge >= 0.3 is 6.09 Å². The van der Waals surface area contributed by atoms with E-state index in [1.807, 2.05) is 45.1 Å². The van der Waals surface area contributed by atoms with Crippen molar-refractivity contribution < 1.29 is 9.53 Å². The van der Waals surface area contributed by atoms with Gasteiger partial charge in [0.1, 0.15) is 5.60 Å². The topological polar surface area (TPSA) is 38.3 Å². The Morgan fingerprint density at radius 1 is 1.30 bits per heavy atom. The summed E-state index contributed by atoms with van der Waals surface area (Å²) in [4.78, 5) is 11.5. The van der Waals surface area contributed by atoms with Gasteiger partial charge in [0.05, 0.1) is 0 Å². The van der Waals surface area contributed by atoms with Crippen molar-refractivity contribution in [3.05, 3.63) is 41.5 Å². The Hall–Kier alpha value is -1.77. The number of rotatable bonds is 4. The second kappa shape index (κ2) is 7.13. The Balaban J connectivity index is 2.52. The summed E-state index contributed by atoms with van der Waals surface area (Å²) < 4.78 is 5.17. The first-order chi connectivity index (χ1) is 9.29. The Morgan fingerprint density at radius 2 is 1.95 bits per heavy atom. The van der Waals surface area contributed by atoms with Crippen molar-refractivity contribution in [3.8, 4) is 0 Å². The molecule has 0 aliphatic heterocycles. The third-order valence-corrected chi connectivity index (χ3v) is 2.68. The largest absolute Gasteiger partial charge is 0.444 e.